The third-order valence-corrected chi connectivity index (χ3v) is 6.05. The second-order valence-electron chi connectivity index (χ2n) is 8.84. The van der Waals surface area contributed by atoms with Gasteiger partial charge in [0.05, 0.1) is 0 Å². The Kier molecular flexibility index (Phi) is 7.32. The van der Waals surface area contributed by atoms with E-state index in [1.54, 1.807) is 0 Å². The van der Waals surface area contributed by atoms with E-state index in [1.165, 1.54) is 32.1 Å². The van der Waals surface area contributed by atoms with E-state index in [2.05, 4.69) is 54.2 Å². The molecule has 28 heavy (non-hydrogen) atoms. The van der Waals surface area contributed by atoms with Gasteiger partial charge in [0, 0.05) is 38.3 Å². The summed E-state index contributed by atoms with van der Waals surface area (Å²) in [6.07, 6.45) is 6.18. The van der Waals surface area contributed by atoms with Gasteiger partial charge in [0.2, 0.25) is 5.95 Å². The van der Waals surface area contributed by atoms with E-state index in [9.17, 15) is 0 Å². The van der Waals surface area contributed by atoms with Crippen LogP contribution in [0.25, 0.3) is 0 Å². The van der Waals surface area contributed by atoms with Crippen molar-refractivity contribution in [1.82, 2.24) is 15.3 Å². The maximum atomic E-state index is 5.46. The second-order valence-corrected chi connectivity index (χ2v) is 9.25. The number of thiocarbonyl (C=S) groups is 1. The molecule has 7 heteroatoms. The monoisotopic (exact) mass is 404 g/mol. The van der Waals surface area contributed by atoms with Crippen LogP contribution < -0.4 is 20.4 Å². The summed E-state index contributed by atoms with van der Waals surface area (Å²) in [5, 5.41) is 7.07. The first kappa shape index (κ1) is 21.1. The SMILES string of the molecule is CC(C)CNC(=S)Nc1nc(N2CCC(C)CC2)cc(N2CCCC[C@@H]2C)n1. The van der Waals surface area contributed by atoms with E-state index >= 15 is 0 Å². The molecule has 3 heterocycles. The summed E-state index contributed by atoms with van der Waals surface area (Å²) in [5.74, 6) is 3.97. The molecule has 156 valence electrons. The van der Waals surface area contributed by atoms with Crippen molar-refractivity contribution in [3.63, 3.8) is 0 Å². The fourth-order valence-corrected chi connectivity index (χ4v) is 4.08. The topological polar surface area (TPSA) is 56.3 Å². The van der Waals surface area contributed by atoms with Crippen LogP contribution in [0.1, 0.15) is 59.8 Å². The summed E-state index contributed by atoms with van der Waals surface area (Å²) in [6, 6.07) is 2.69. The van der Waals surface area contributed by atoms with Gasteiger partial charge in [-0.2, -0.15) is 9.97 Å². The van der Waals surface area contributed by atoms with Gasteiger partial charge < -0.3 is 20.4 Å². The van der Waals surface area contributed by atoms with Gasteiger partial charge in [-0.15, -0.1) is 0 Å². The zero-order valence-electron chi connectivity index (χ0n) is 17.9. The summed E-state index contributed by atoms with van der Waals surface area (Å²) in [6.45, 7) is 13.0. The van der Waals surface area contributed by atoms with Crippen LogP contribution in [-0.2, 0) is 0 Å². The van der Waals surface area contributed by atoms with Crippen LogP contribution in [0.5, 0.6) is 0 Å². The van der Waals surface area contributed by atoms with Crippen LogP contribution in [0.4, 0.5) is 17.6 Å². The molecular weight excluding hydrogens is 368 g/mol. The van der Waals surface area contributed by atoms with Crippen LogP contribution in [0.15, 0.2) is 6.07 Å². The highest BCUT2D eigenvalue weighted by Crippen LogP contribution is 2.29. The lowest BCUT2D eigenvalue weighted by atomic mass is 9.99. The van der Waals surface area contributed by atoms with Gasteiger partial charge in [-0.25, -0.2) is 0 Å². The van der Waals surface area contributed by atoms with Gasteiger partial charge in [0.1, 0.15) is 11.6 Å². The van der Waals surface area contributed by atoms with E-state index in [-0.39, 0.29) is 0 Å². The van der Waals surface area contributed by atoms with Gasteiger partial charge >= 0.3 is 0 Å². The molecule has 0 aliphatic carbocycles. The summed E-state index contributed by atoms with van der Waals surface area (Å²) >= 11 is 5.46. The van der Waals surface area contributed by atoms with Crippen LogP contribution in [0, 0.1) is 11.8 Å². The van der Waals surface area contributed by atoms with Gasteiger partial charge in [-0.1, -0.05) is 20.8 Å². The lowest BCUT2D eigenvalue weighted by Crippen LogP contribution is -2.39. The van der Waals surface area contributed by atoms with Crippen molar-refractivity contribution in [3.05, 3.63) is 6.07 Å². The molecule has 0 amide bonds. The van der Waals surface area contributed by atoms with Gasteiger partial charge in [0.25, 0.3) is 0 Å². The maximum absolute atomic E-state index is 5.46. The third kappa shape index (κ3) is 5.69. The van der Waals surface area contributed by atoms with Crippen LogP contribution in [0.2, 0.25) is 0 Å². The van der Waals surface area contributed by atoms with Crippen molar-refractivity contribution >= 4 is 34.9 Å². The number of nitrogens with zero attached hydrogens (tertiary/aromatic N) is 4. The van der Waals surface area contributed by atoms with E-state index in [0.29, 0.717) is 23.0 Å². The molecule has 2 aliphatic rings. The highest BCUT2D eigenvalue weighted by atomic mass is 32.1. The molecule has 2 fully saturated rings. The lowest BCUT2D eigenvalue weighted by molar-refractivity contribution is 0.436. The molecule has 2 saturated heterocycles. The number of nitrogens with one attached hydrogen (secondary N) is 2. The molecule has 0 spiro atoms. The summed E-state index contributed by atoms with van der Waals surface area (Å²) < 4.78 is 0. The number of anilines is 3. The average Bonchev–Trinajstić information content (AvgIpc) is 2.67. The zero-order valence-corrected chi connectivity index (χ0v) is 18.7. The van der Waals surface area contributed by atoms with E-state index in [1.807, 2.05) is 0 Å². The quantitative estimate of drug-likeness (QED) is 0.719. The molecule has 0 unspecified atom stereocenters. The number of hydrogen-bond donors (Lipinski definition) is 2. The average molecular weight is 405 g/mol. The number of rotatable bonds is 5. The second kappa shape index (κ2) is 9.72. The van der Waals surface area contributed by atoms with Gasteiger partial charge in [0.15, 0.2) is 5.11 Å². The molecule has 6 nitrogen and oxygen atoms in total. The van der Waals surface area contributed by atoms with E-state index < -0.39 is 0 Å². The number of piperidine rings is 2. The first-order valence-corrected chi connectivity index (χ1v) is 11.3. The van der Waals surface area contributed by atoms with Crippen molar-refractivity contribution in [2.45, 2.75) is 65.8 Å². The Labute approximate surface area is 175 Å². The molecule has 0 saturated carbocycles. The van der Waals surface area contributed by atoms with Crippen LogP contribution in [-0.4, -0.2) is 47.3 Å². The molecule has 0 bridgehead atoms. The summed E-state index contributed by atoms with van der Waals surface area (Å²) in [5.41, 5.74) is 0. The van der Waals surface area contributed by atoms with E-state index in [4.69, 9.17) is 22.2 Å². The fraction of sp³-hybridized carbons (Fsp3) is 0.762. The summed E-state index contributed by atoms with van der Waals surface area (Å²) in [4.78, 5) is 14.5. The van der Waals surface area contributed by atoms with E-state index in [0.717, 1.165) is 43.7 Å². The standard InChI is InChI=1S/C21H36N6S/c1-15(2)14-22-21(28)25-20-23-18(26-11-8-16(3)9-12-26)13-19(24-20)27-10-6-5-7-17(27)4/h13,15-17H,5-12,14H2,1-4H3,(H2,22,23,24,25,28)/t17-/m0/s1. The largest absolute Gasteiger partial charge is 0.362 e. The highest BCUT2D eigenvalue weighted by Gasteiger charge is 2.24. The molecule has 2 N–H and O–H groups in total. The van der Waals surface area contributed by atoms with Crippen molar-refractivity contribution in [1.29, 1.82) is 0 Å². The Bertz CT molecular complexity index is 656. The normalized spacial score (nSPS) is 21.1. The predicted octanol–water partition coefficient (Wildman–Crippen LogP) is 4.03. The molecular formula is C21H36N6S. The highest BCUT2D eigenvalue weighted by molar-refractivity contribution is 7.80. The van der Waals surface area contributed by atoms with Gasteiger partial charge in [-0.05, 0) is 63.1 Å². The Morgan fingerprint density at radius 2 is 1.82 bits per heavy atom. The zero-order chi connectivity index (χ0) is 20.1. The molecule has 1 aromatic heterocycles. The maximum Gasteiger partial charge on any atom is 0.232 e. The minimum absolute atomic E-state index is 0.511. The van der Waals surface area contributed by atoms with Gasteiger partial charge in [-0.3, -0.25) is 0 Å². The Hall–Kier alpha value is -1.63. The predicted molar refractivity (Wildman–Crippen MR) is 122 cm³/mol. The Morgan fingerprint density at radius 3 is 2.50 bits per heavy atom. The third-order valence-electron chi connectivity index (χ3n) is 5.80. The minimum Gasteiger partial charge on any atom is -0.362 e. The molecule has 0 radical (unpaired) electrons. The first-order chi connectivity index (χ1) is 13.4. The Morgan fingerprint density at radius 1 is 1.11 bits per heavy atom. The number of hydrogen-bond acceptors (Lipinski definition) is 5. The van der Waals surface area contributed by atoms with Crippen molar-refractivity contribution < 1.29 is 0 Å². The molecule has 1 aromatic rings. The van der Waals surface area contributed by atoms with Crippen LogP contribution >= 0.6 is 12.2 Å². The number of aromatic nitrogens is 2. The molecule has 0 aromatic carbocycles. The first-order valence-electron chi connectivity index (χ1n) is 10.9. The smallest absolute Gasteiger partial charge is 0.232 e. The Balaban J connectivity index is 1.82. The minimum atomic E-state index is 0.511. The fourth-order valence-electron chi connectivity index (χ4n) is 3.91. The van der Waals surface area contributed by atoms with Crippen LogP contribution in [0.3, 0.4) is 0 Å². The lowest BCUT2D eigenvalue weighted by Gasteiger charge is -2.36. The summed E-state index contributed by atoms with van der Waals surface area (Å²) in [7, 11) is 0. The van der Waals surface area contributed by atoms with Crippen molar-refractivity contribution in [3.8, 4) is 0 Å². The van der Waals surface area contributed by atoms with Crippen molar-refractivity contribution in [2.24, 2.45) is 11.8 Å². The molecule has 3 rings (SSSR count). The molecule has 1 atom stereocenters. The van der Waals surface area contributed by atoms with Crippen molar-refractivity contribution in [2.75, 3.05) is 41.3 Å². The molecule has 2 aliphatic heterocycles.